The summed E-state index contributed by atoms with van der Waals surface area (Å²) in [5.41, 5.74) is 7.70. The minimum atomic E-state index is 0.0901. The van der Waals surface area contributed by atoms with E-state index in [1.807, 2.05) is 25.1 Å². The lowest BCUT2D eigenvalue weighted by atomic mass is 10.1. The minimum Gasteiger partial charge on any atom is -0.387 e. The first kappa shape index (κ1) is 18.7. The van der Waals surface area contributed by atoms with Gasteiger partial charge in [-0.2, -0.15) is 0 Å². The highest BCUT2D eigenvalue weighted by Gasteiger charge is 2.21. The quantitative estimate of drug-likeness (QED) is 0.823. The first-order valence-electron chi connectivity index (χ1n) is 8.54. The molecule has 0 radical (unpaired) electrons. The van der Waals surface area contributed by atoms with Crippen molar-refractivity contribution < 1.29 is 4.79 Å². The fourth-order valence-corrected chi connectivity index (χ4v) is 4.01. The molecule has 1 aliphatic heterocycles. The highest BCUT2D eigenvalue weighted by molar-refractivity contribution is 7.13. The van der Waals surface area contributed by atoms with Crippen LogP contribution in [-0.4, -0.2) is 48.7 Å². The van der Waals surface area contributed by atoms with Gasteiger partial charge in [0.25, 0.3) is 0 Å². The summed E-state index contributed by atoms with van der Waals surface area (Å²) < 4.78 is 0. The smallest absolute Gasteiger partial charge is 0.250 e. The van der Waals surface area contributed by atoms with E-state index >= 15 is 0 Å². The number of amidine groups is 1. The Labute approximate surface area is 148 Å². The largest absolute Gasteiger partial charge is 0.387 e. The van der Waals surface area contributed by atoms with E-state index in [1.165, 1.54) is 4.88 Å². The number of nitrogens with zero attached hydrogens (tertiary/aromatic N) is 3. The van der Waals surface area contributed by atoms with Crippen LogP contribution in [0.2, 0.25) is 0 Å². The number of carbonyl (C=O) groups is 1. The second-order valence-electron chi connectivity index (χ2n) is 6.44. The van der Waals surface area contributed by atoms with Crippen molar-refractivity contribution in [2.24, 2.45) is 10.7 Å². The van der Waals surface area contributed by atoms with E-state index in [0.29, 0.717) is 12.3 Å². The second kappa shape index (κ2) is 8.44. The third kappa shape index (κ3) is 4.68. The Morgan fingerprint density at radius 1 is 1.29 bits per heavy atom. The Hall–Kier alpha value is -1.66. The monoisotopic (exact) mass is 348 g/mol. The molecule has 6 heteroatoms. The zero-order valence-electron chi connectivity index (χ0n) is 15.1. The van der Waals surface area contributed by atoms with Gasteiger partial charge < -0.3 is 15.5 Å². The van der Waals surface area contributed by atoms with Crippen LogP contribution in [-0.2, 0) is 11.3 Å². The maximum Gasteiger partial charge on any atom is 0.250 e. The number of hydrogen-bond acceptors (Lipinski definition) is 5. The van der Waals surface area contributed by atoms with E-state index < -0.39 is 0 Å². The van der Waals surface area contributed by atoms with Gasteiger partial charge in [0, 0.05) is 36.5 Å². The topological polar surface area (TPSA) is 61.9 Å². The zero-order chi connectivity index (χ0) is 17.7. The van der Waals surface area contributed by atoms with E-state index in [-0.39, 0.29) is 5.91 Å². The molecule has 2 N–H and O–H groups in total. The van der Waals surface area contributed by atoms with Crippen LogP contribution in [0.1, 0.15) is 42.9 Å². The van der Waals surface area contributed by atoms with Crippen LogP contribution in [0.3, 0.4) is 0 Å². The lowest BCUT2D eigenvalue weighted by Crippen LogP contribution is -2.34. The summed E-state index contributed by atoms with van der Waals surface area (Å²) in [4.78, 5) is 23.7. The maximum absolute atomic E-state index is 12.9. The molecule has 24 heavy (non-hydrogen) atoms. The van der Waals surface area contributed by atoms with E-state index in [2.05, 4.69) is 29.8 Å². The van der Waals surface area contributed by atoms with E-state index in [1.54, 1.807) is 11.3 Å². The molecule has 0 bridgehead atoms. The van der Waals surface area contributed by atoms with Gasteiger partial charge in [-0.15, -0.1) is 11.3 Å². The third-order valence-electron chi connectivity index (χ3n) is 3.75. The lowest BCUT2D eigenvalue weighted by Gasteiger charge is -2.22. The molecule has 0 atom stereocenters. The summed E-state index contributed by atoms with van der Waals surface area (Å²) in [6.07, 6.45) is 4.33. The molecule has 1 aliphatic rings. The summed E-state index contributed by atoms with van der Waals surface area (Å²) >= 11 is 1.69. The Bertz CT molecular complexity index is 639. The van der Waals surface area contributed by atoms with Crippen molar-refractivity contribution in [3.05, 3.63) is 21.4 Å². The highest BCUT2D eigenvalue weighted by atomic mass is 32.1. The van der Waals surface area contributed by atoms with Gasteiger partial charge in [-0.05, 0) is 39.1 Å². The van der Waals surface area contributed by atoms with Crippen molar-refractivity contribution in [2.45, 2.75) is 39.7 Å². The molecule has 2 heterocycles. The van der Waals surface area contributed by atoms with Gasteiger partial charge in [-0.1, -0.05) is 13.8 Å². The number of carbonyl (C=O) groups excluding carboxylic acids is 1. The van der Waals surface area contributed by atoms with Gasteiger partial charge >= 0.3 is 0 Å². The van der Waals surface area contributed by atoms with Crippen molar-refractivity contribution in [1.29, 1.82) is 0 Å². The van der Waals surface area contributed by atoms with Crippen LogP contribution in [0.5, 0.6) is 0 Å². The van der Waals surface area contributed by atoms with Crippen molar-refractivity contribution in [3.63, 3.8) is 0 Å². The van der Waals surface area contributed by atoms with Crippen LogP contribution < -0.4 is 5.73 Å². The van der Waals surface area contributed by atoms with Crippen LogP contribution in [0.4, 0.5) is 5.69 Å². The minimum absolute atomic E-state index is 0.0901. The molecule has 2 rings (SSSR count). The highest BCUT2D eigenvalue weighted by Crippen LogP contribution is 2.35. The summed E-state index contributed by atoms with van der Waals surface area (Å²) in [5, 5.41) is 0. The van der Waals surface area contributed by atoms with Crippen molar-refractivity contribution in [2.75, 3.05) is 27.2 Å². The molecule has 0 aliphatic carbocycles. The van der Waals surface area contributed by atoms with Gasteiger partial charge in [0.15, 0.2) is 0 Å². The average molecular weight is 349 g/mol. The predicted molar refractivity (Wildman–Crippen MR) is 103 cm³/mol. The molecule has 0 unspecified atom stereocenters. The fourth-order valence-electron chi connectivity index (χ4n) is 2.82. The number of hydrogen-bond donors (Lipinski definition) is 1. The second-order valence-corrected chi connectivity index (χ2v) is 7.61. The molecule has 0 saturated heterocycles. The predicted octanol–water partition coefficient (Wildman–Crippen LogP) is 3.23. The summed E-state index contributed by atoms with van der Waals surface area (Å²) in [6, 6.07) is 2.08. The molecule has 0 fully saturated rings. The molecule has 132 valence electrons. The Balaban J connectivity index is 2.32. The summed E-state index contributed by atoms with van der Waals surface area (Å²) in [5.74, 6) is 0.600. The first-order chi connectivity index (χ1) is 11.4. The van der Waals surface area contributed by atoms with Gasteiger partial charge in [0.05, 0.1) is 10.6 Å². The Morgan fingerprint density at radius 2 is 1.96 bits per heavy atom. The molecule has 0 aromatic carbocycles. The Kier molecular flexibility index (Phi) is 6.57. The van der Waals surface area contributed by atoms with Gasteiger partial charge in [0.1, 0.15) is 5.84 Å². The Morgan fingerprint density at radius 3 is 2.54 bits per heavy atom. The molecule has 1 amide bonds. The first-order valence-corrected chi connectivity index (χ1v) is 9.36. The standard InChI is InChI=1S/C18H28N4OS/c1-5-7-22(8-6-2)18(23)13-9-16-15(20-17(19)10-13)11-14(24-16)12-21(3)4/h9,11H,5-8,10,12H2,1-4H3,(H2,19,20). The number of nitrogens with two attached hydrogens (primary N) is 1. The SMILES string of the molecule is CCCN(CCC)C(=O)C1=Cc2sc(CN(C)C)cc2N=C(N)C1. The number of amides is 1. The number of rotatable bonds is 7. The van der Waals surface area contributed by atoms with Crippen LogP contribution in [0, 0.1) is 0 Å². The number of fused-ring (bicyclic) bond motifs is 1. The molecule has 1 aromatic heterocycles. The summed E-state index contributed by atoms with van der Waals surface area (Å²) in [6.45, 7) is 6.62. The molecule has 0 saturated carbocycles. The molecular formula is C18H28N4OS. The van der Waals surface area contributed by atoms with Crippen LogP contribution >= 0.6 is 11.3 Å². The van der Waals surface area contributed by atoms with E-state index in [4.69, 9.17) is 5.73 Å². The normalized spacial score (nSPS) is 14.0. The number of thiophene rings is 1. The van der Waals surface area contributed by atoms with Crippen molar-refractivity contribution >= 4 is 34.8 Å². The van der Waals surface area contributed by atoms with E-state index in [9.17, 15) is 4.79 Å². The molecular weight excluding hydrogens is 320 g/mol. The van der Waals surface area contributed by atoms with Crippen LogP contribution in [0.15, 0.2) is 16.6 Å². The third-order valence-corrected chi connectivity index (χ3v) is 4.81. The zero-order valence-corrected chi connectivity index (χ0v) is 15.9. The van der Waals surface area contributed by atoms with Gasteiger partial charge in [0.2, 0.25) is 5.91 Å². The fraction of sp³-hybridized carbons (Fsp3) is 0.556. The molecule has 5 nitrogen and oxygen atoms in total. The van der Waals surface area contributed by atoms with Crippen molar-refractivity contribution in [3.8, 4) is 0 Å². The molecule has 1 aromatic rings. The maximum atomic E-state index is 12.9. The van der Waals surface area contributed by atoms with Gasteiger partial charge in [-0.3, -0.25) is 4.79 Å². The van der Waals surface area contributed by atoms with Crippen molar-refractivity contribution in [1.82, 2.24) is 9.80 Å². The number of aliphatic imine (C=N–C) groups is 1. The van der Waals surface area contributed by atoms with Crippen LogP contribution in [0.25, 0.3) is 6.08 Å². The lowest BCUT2D eigenvalue weighted by molar-refractivity contribution is -0.127. The summed E-state index contributed by atoms with van der Waals surface area (Å²) in [7, 11) is 4.08. The van der Waals surface area contributed by atoms with Gasteiger partial charge in [-0.25, -0.2) is 4.99 Å². The molecule has 0 spiro atoms. The van der Waals surface area contributed by atoms with E-state index in [0.717, 1.165) is 48.6 Å². The average Bonchev–Trinajstić information content (AvgIpc) is 2.78.